The number of halogens is 3. The van der Waals surface area contributed by atoms with Crippen molar-refractivity contribution in [3.05, 3.63) is 72.2 Å². The number of ether oxygens (including phenoxy) is 1. The molecule has 2 aromatic carbocycles. The number of rotatable bonds is 6. The van der Waals surface area contributed by atoms with E-state index in [1.54, 1.807) is 11.6 Å². The Hall–Kier alpha value is -3.05. The van der Waals surface area contributed by atoms with Crippen LogP contribution in [0.25, 0.3) is 0 Å². The van der Waals surface area contributed by atoms with Crippen LogP contribution in [-0.4, -0.2) is 48.5 Å². The fraction of sp³-hybridized carbons (Fsp3) is 0.318. The van der Waals surface area contributed by atoms with Crippen LogP contribution in [0.1, 0.15) is 17.0 Å². The highest BCUT2D eigenvalue weighted by atomic mass is 32.2. The molecule has 11 heteroatoms. The maximum Gasteiger partial charge on any atom is 0.420 e. The van der Waals surface area contributed by atoms with Gasteiger partial charge in [0.1, 0.15) is 5.75 Å². The number of alkyl halides is 3. The molecule has 33 heavy (non-hydrogen) atoms. The Balaban J connectivity index is 1.67. The van der Waals surface area contributed by atoms with Crippen molar-refractivity contribution in [3.63, 3.8) is 0 Å². The first kappa shape index (κ1) is 23.1. The topological polar surface area (TPSA) is 76.5 Å². The largest absolute Gasteiger partial charge is 0.496 e. The molecule has 176 valence electrons. The van der Waals surface area contributed by atoms with Crippen LogP contribution in [0.5, 0.6) is 5.75 Å². The minimum atomic E-state index is -4.59. The number of benzene rings is 2. The summed E-state index contributed by atoms with van der Waals surface area (Å²) in [5.41, 5.74) is 0.214. The SMILES string of the molecule is COc1ccc(NC2CN(S(=O)(=O)c3cn(C)cn3)CC2c2ccccc2)cc1C(F)(F)F. The van der Waals surface area contributed by atoms with Crippen LogP contribution in [0, 0.1) is 0 Å². The predicted molar refractivity (Wildman–Crippen MR) is 117 cm³/mol. The predicted octanol–water partition coefficient (Wildman–Crippen LogP) is 3.72. The van der Waals surface area contributed by atoms with Crippen molar-refractivity contribution in [3.8, 4) is 5.75 Å². The van der Waals surface area contributed by atoms with Crippen molar-refractivity contribution < 1.29 is 26.3 Å². The van der Waals surface area contributed by atoms with E-state index in [0.29, 0.717) is 0 Å². The zero-order valence-electron chi connectivity index (χ0n) is 18.0. The summed E-state index contributed by atoms with van der Waals surface area (Å²) in [6.45, 7) is 0.245. The Bertz CT molecular complexity index is 1230. The van der Waals surface area contributed by atoms with Gasteiger partial charge in [-0.25, -0.2) is 13.4 Å². The van der Waals surface area contributed by atoms with Crippen molar-refractivity contribution in [1.82, 2.24) is 13.9 Å². The summed E-state index contributed by atoms with van der Waals surface area (Å²) in [6.07, 6.45) is -1.76. The zero-order valence-corrected chi connectivity index (χ0v) is 18.8. The number of anilines is 1. The highest BCUT2D eigenvalue weighted by Gasteiger charge is 2.41. The highest BCUT2D eigenvalue weighted by Crippen LogP contribution is 2.39. The van der Waals surface area contributed by atoms with Crippen LogP contribution >= 0.6 is 0 Å². The molecular weight excluding hydrogens is 457 g/mol. The van der Waals surface area contributed by atoms with Gasteiger partial charge in [-0.15, -0.1) is 0 Å². The lowest BCUT2D eigenvalue weighted by Crippen LogP contribution is -2.32. The first-order valence-corrected chi connectivity index (χ1v) is 11.6. The van der Waals surface area contributed by atoms with E-state index < -0.39 is 27.8 Å². The van der Waals surface area contributed by atoms with Crippen LogP contribution < -0.4 is 10.1 Å². The molecule has 7 nitrogen and oxygen atoms in total. The quantitative estimate of drug-likeness (QED) is 0.582. The molecule has 0 amide bonds. The minimum Gasteiger partial charge on any atom is -0.496 e. The van der Waals surface area contributed by atoms with Crippen LogP contribution in [0.2, 0.25) is 0 Å². The van der Waals surface area contributed by atoms with Crippen molar-refractivity contribution >= 4 is 15.7 Å². The second-order valence-electron chi connectivity index (χ2n) is 7.88. The monoisotopic (exact) mass is 480 g/mol. The molecule has 2 heterocycles. The molecule has 4 rings (SSSR count). The van der Waals surface area contributed by atoms with Crippen molar-refractivity contribution in [2.24, 2.45) is 7.05 Å². The highest BCUT2D eigenvalue weighted by molar-refractivity contribution is 7.89. The third-order valence-electron chi connectivity index (χ3n) is 5.66. The van der Waals surface area contributed by atoms with Crippen LogP contribution in [-0.2, 0) is 23.2 Å². The molecule has 0 bridgehead atoms. The van der Waals surface area contributed by atoms with E-state index >= 15 is 0 Å². The van der Waals surface area contributed by atoms with E-state index in [0.717, 1.165) is 11.6 Å². The molecule has 1 fully saturated rings. The molecule has 1 aliphatic rings. The maximum absolute atomic E-state index is 13.5. The maximum atomic E-state index is 13.5. The van der Waals surface area contributed by atoms with Gasteiger partial charge >= 0.3 is 6.18 Å². The van der Waals surface area contributed by atoms with Gasteiger partial charge in [0.15, 0.2) is 5.03 Å². The zero-order chi connectivity index (χ0) is 23.8. The molecule has 0 radical (unpaired) electrons. The number of nitrogens with zero attached hydrogens (tertiary/aromatic N) is 3. The van der Waals surface area contributed by atoms with Crippen molar-refractivity contribution in [2.45, 2.75) is 23.2 Å². The first-order valence-electron chi connectivity index (χ1n) is 10.1. The van der Waals surface area contributed by atoms with Gasteiger partial charge < -0.3 is 14.6 Å². The fourth-order valence-corrected chi connectivity index (χ4v) is 5.49. The fourth-order valence-electron chi connectivity index (χ4n) is 4.04. The molecule has 0 spiro atoms. The van der Waals surface area contributed by atoms with Gasteiger partial charge in [-0.2, -0.15) is 17.5 Å². The molecule has 0 saturated carbocycles. The molecule has 1 saturated heterocycles. The lowest BCUT2D eigenvalue weighted by molar-refractivity contribution is -0.138. The average molecular weight is 481 g/mol. The molecule has 3 aromatic rings. The van der Waals surface area contributed by atoms with E-state index in [-0.39, 0.29) is 35.5 Å². The molecule has 1 N–H and O–H groups in total. The number of hydrogen-bond donors (Lipinski definition) is 1. The summed E-state index contributed by atoms with van der Waals surface area (Å²) >= 11 is 0. The van der Waals surface area contributed by atoms with Gasteiger partial charge in [-0.05, 0) is 23.8 Å². The Labute approximate surface area is 189 Å². The molecule has 2 atom stereocenters. The van der Waals surface area contributed by atoms with Gasteiger partial charge in [0, 0.05) is 44.0 Å². The Morgan fingerprint density at radius 2 is 1.85 bits per heavy atom. The standard InChI is InChI=1S/C22H23F3N4O3S/c1-28-13-21(26-14-28)33(30,31)29-11-17(15-6-4-3-5-7-15)19(12-29)27-16-8-9-20(32-2)18(10-16)22(23,24)25/h3-10,13-14,17,19,27H,11-12H2,1-2H3. The second kappa shape index (κ2) is 8.71. The molecular formula is C22H23F3N4O3S. The molecule has 0 aliphatic carbocycles. The smallest absolute Gasteiger partial charge is 0.420 e. The summed E-state index contributed by atoms with van der Waals surface area (Å²) in [6, 6.07) is 12.6. The third-order valence-corrected chi connectivity index (χ3v) is 7.37. The first-order chi connectivity index (χ1) is 15.6. The van der Waals surface area contributed by atoms with Crippen LogP contribution in [0.15, 0.2) is 66.1 Å². The number of methoxy groups -OCH3 is 1. The van der Waals surface area contributed by atoms with E-state index in [1.165, 1.54) is 36.1 Å². The average Bonchev–Trinajstić information content (AvgIpc) is 3.41. The van der Waals surface area contributed by atoms with Gasteiger partial charge in [0.05, 0.1) is 19.0 Å². The summed E-state index contributed by atoms with van der Waals surface area (Å²) in [7, 11) is -1.01. The summed E-state index contributed by atoms with van der Waals surface area (Å²) in [5.74, 6) is -0.556. The van der Waals surface area contributed by atoms with Gasteiger partial charge in [0.2, 0.25) is 0 Å². The van der Waals surface area contributed by atoms with E-state index in [1.807, 2.05) is 30.3 Å². The second-order valence-corrected chi connectivity index (χ2v) is 9.77. The number of nitrogens with one attached hydrogen (secondary N) is 1. The van der Waals surface area contributed by atoms with Gasteiger partial charge in [-0.3, -0.25) is 0 Å². The van der Waals surface area contributed by atoms with Gasteiger partial charge in [-0.1, -0.05) is 30.3 Å². The van der Waals surface area contributed by atoms with Crippen LogP contribution in [0.4, 0.5) is 18.9 Å². The van der Waals surface area contributed by atoms with E-state index in [4.69, 9.17) is 4.74 Å². The lowest BCUT2D eigenvalue weighted by atomic mass is 9.94. The molecule has 1 aliphatic heterocycles. The molecule has 1 aromatic heterocycles. The summed E-state index contributed by atoms with van der Waals surface area (Å²) in [4.78, 5) is 3.97. The number of imidazole rings is 1. The van der Waals surface area contributed by atoms with Crippen molar-refractivity contribution in [2.75, 3.05) is 25.5 Å². The molecule has 2 unspecified atom stereocenters. The Morgan fingerprint density at radius 3 is 2.45 bits per heavy atom. The number of aromatic nitrogens is 2. The Morgan fingerprint density at radius 1 is 1.12 bits per heavy atom. The van der Waals surface area contributed by atoms with Crippen LogP contribution in [0.3, 0.4) is 0 Å². The number of hydrogen-bond acceptors (Lipinski definition) is 5. The lowest BCUT2D eigenvalue weighted by Gasteiger charge is -2.22. The normalized spacial score (nSPS) is 19.5. The number of aryl methyl sites for hydroxylation is 1. The van der Waals surface area contributed by atoms with E-state index in [9.17, 15) is 21.6 Å². The number of sulfonamides is 1. The van der Waals surface area contributed by atoms with Gasteiger partial charge in [0.25, 0.3) is 10.0 Å². The summed E-state index contributed by atoms with van der Waals surface area (Å²) in [5, 5.41) is 3.06. The third kappa shape index (κ3) is 4.69. The Kier molecular flexibility index (Phi) is 6.10. The van der Waals surface area contributed by atoms with Crippen molar-refractivity contribution in [1.29, 1.82) is 0 Å². The minimum absolute atomic E-state index is 0.0683. The van der Waals surface area contributed by atoms with E-state index in [2.05, 4.69) is 10.3 Å². The summed E-state index contributed by atoms with van der Waals surface area (Å²) < 4.78 is 74.4.